The lowest BCUT2D eigenvalue weighted by atomic mass is 10.1. The second-order valence-electron chi connectivity index (χ2n) is 3.24. The number of hydrogen-bond donors (Lipinski definition) is 0. The van der Waals surface area contributed by atoms with E-state index in [1.807, 2.05) is 0 Å². The molecule has 0 aliphatic heterocycles. The molecule has 0 amide bonds. The minimum atomic E-state index is -4.42. The largest absolute Gasteiger partial charge is 0.465 e. The monoisotopic (exact) mass is 310 g/mol. The fourth-order valence-electron chi connectivity index (χ4n) is 1.22. The lowest BCUT2D eigenvalue weighted by molar-refractivity contribution is -0.143. The Balaban J connectivity index is 2.96. The summed E-state index contributed by atoms with van der Waals surface area (Å²) in [5.41, 5.74) is -0.568. The number of carbonyl (C=O) groups is 1. The first kappa shape index (κ1) is 14.0. The Morgan fingerprint density at radius 2 is 2.12 bits per heavy atom. The van der Waals surface area contributed by atoms with Crippen LogP contribution in [0.25, 0.3) is 0 Å². The first-order valence-corrected chi connectivity index (χ1v) is 5.75. The number of rotatable bonds is 3. The molecule has 0 saturated heterocycles. The predicted molar refractivity (Wildman–Crippen MR) is 59.7 cm³/mol. The molecule has 0 spiro atoms. The quantitative estimate of drug-likeness (QED) is 0.628. The summed E-state index contributed by atoms with van der Waals surface area (Å²) in [4.78, 5) is 10.5. The van der Waals surface area contributed by atoms with Gasteiger partial charge in [0.25, 0.3) is 0 Å². The SMILES string of the molecule is CCOC(=O)C(Br)c1cccc(C(F)(F)F)c1. The molecule has 0 radical (unpaired) electrons. The van der Waals surface area contributed by atoms with E-state index in [1.54, 1.807) is 6.92 Å². The summed E-state index contributed by atoms with van der Waals surface area (Å²) >= 11 is 3.01. The molecule has 2 nitrogen and oxygen atoms in total. The van der Waals surface area contributed by atoms with Crippen LogP contribution in [0.4, 0.5) is 13.2 Å². The summed E-state index contributed by atoms with van der Waals surface area (Å²) in [6, 6.07) is 4.57. The van der Waals surface area contributed by atoms with Crippen LogP contribution in [-0.2, 0) is 15.7 Å². The molecule has 0 fully saturated rings. The van der Waals surface area contributed by atoms with Gasteiger partial charge in [-0.1, -0.05) is 34.1 Å². The minimum Gasteiger partial charge on any atom is -0.465 e. The molecule has 0 saturated carbocycles. The highest BCUT2D eigenvalue weighted by atomic mass is 79.9. The topological polar surface area (TPSA) is 26.3 Å². The van der Waals surface area contributed by atoms with Gasteiger partial charge in [-0.2, -0.15) is 13.2 Å². The van der Waals surface area contributed by atoms with Crippen molar-refractivity contribution in [2.75, 3.05) is 6.61 Å². The Bertz CT molecular complexity index is 404. The third-order valence-electron chi connectivity index (χ3n) is 2.00. The maximum atomic E-state index is 12.4. The Morgan fingerprint density at radius 1 is 1.47 bits per heavy atom. The normalized spacial score (nSPS) is 13.2. The van der Waals surface area contributed by atoms with Gasteiger partial charge in [0.05, 0.1) is 12.2 Å². The first-order chi connectivity index (χ1) is 7.86. The van der Waals surface area contributed by atoms with Crippen molar-refractivity contribution in [2.45, 2.75) is 17.9 Å². The third kappa shape index (κ3) is 3.73. The fourth-order valence-corrected chi connectivity index (χ4v) is 1.64. The Kier molecular flexibility index (Phi) is 4.56. The number of alkyl halides is 4. The molecule has 94 valence electrons. The standard InChI is InChI=1S/C11H10BrF3O2/c1-2-17-10(16)9(12)7-4-3-5-8(6-7)11(13,14)15/h3-6,9H,2H2,1H3. The summed E-state index contributed by atoms with van der Waals surface area (Å²) in [5, 5.41) is 0. The maximum absolute atomic E-state index is 12.4. The van der Waals surface area contributed by atoms with Gasteiger partial charge in [-0.15, -0.1) is 0 Å². The molecule has 1 rings (SSSR count). The highest BCUT2D eigenvalue weighted by molar-refractivity contribution is 9.09. The third-order valence-corrected chi connectivity index (χ3v) is 2.90. The summed E-state index contributed by atoms with van der Waals surface area (Å²) in [6.45, 7) is 1.81. The van der Waals surface area contributed by atoms with Gasteiger partial charge in [0.15, 0.2) is 0 Å². The zero-order valence-electron chi connectivity index (χ0n) is 8.92. The second kappa shape index (κ2) is 5.53. The molecule has 0 heterocycles. The van der Waals surface area contributed by atoms with Crippen molar-refractivity contribution in [1.82, 2.24) is 0 Å². The number of carbonyl (C=O) groups excluding carboxylic acids is 1. The van der Waals surface area contributed by atoms with Crippen molar-refractivity contribution in [2.24, 2.45) is 0 Å². The zero-order valence-corrected chi connectivity index (χ0v) is 10.5. The molecule has 0 aromatic heterocycles. The van der Waals surface area contributed by atoms with E-state index in [1.165, 1.54) is 12.1 Å². The van der Waals surface area contributed by atoms with E-state index in [0.717, 1.165) is 12.1 Å². The molecule has 1 aromatic carbocycles. The zero-order chi connectivity index (χ0) is 13.1. The molecule has 0 bridgehead atoms. The number of benzene rings is 1. The summed E-state index contributed by atoms with van der Waals surface area (Å²) < 4.78 is 42.1. The van der Waals surface area contributed by atoms with Crippen LogP contribution in [0, 0.1) is 0 Å². The molecule has 6 heteroatoms. The van der Waals surface area contributed by atoms with Crippen LogP contribution >= 0.6 is 15.9 Å². The van der Waals surface area contributed by atoms with Crippen LogP contribution in [-0.4, -0.2) is 12.6 Å². The van der Waals surface area contributed by atoms with E-state index in [0.29, 0.717) is 0 Å². The second-order valence-corrected chi connectivity index (χ2v) is 4.15. The highest BCUT2D eigenvalue weighted by Crippen LogP contribution is 2.32. The summed E-state index contributed by atoms with van der Waals surface area (Å²) in [5.74, 6) is -0.605. The molecular formula is C11H10BrF3O2. The van der Waals surface area contributed by atoms with Gasteiger partial charge in [0.1, 0.15) is 4.83 Å². The molecular weight excluding hydrogens is 301 g/mol. The van der Waals surface area contributed by atoms with Crippen molar-refractivity contribution >= 4 is 21.9 Å². The van der Waals surface area contributed by atoms with Gasteiger partial charge in [-0.05, 0) is 18.6 Å². The smallest absolute Gasteiger partial charge is 0.416 e. The van der Waals surface area contributed by atoms with Crippen LogP contribution in [0.2, 0.25) is 0 Å². The van der Waals surface area contributed by atoms with Crippen molar-refractivity contribution in [3.63, 3.8) is 0 Å². The van der Waals surface area contributed by atoms with Crippen LogP contribution in [0.5, 0.6) is 0 Å². The number of ether oxygens (including phenoxy) is 1. The van der Waals surface area contributed by atoms with E-state index >= 15 is 0 Å². The van der Waals surface area contributed by atoms with Gasteiger partial charge in [-0.25, -0.2) is 0 Å². The van der Waals surface area contributed by atoms with Crippen molar-refractivity contribution in [1.29, 1.82) is 0 Å². The van der Waals surface area contributed by atoms with Crippen LogP contribution in [0.15, 0.2) is 24.3 Å². The van der Waals surface area contributed by atoms with E-state index < -0.39 is 22.5 Å². The van der Waals surface area contributed by atoms with Crippen molar-refractivity contribution < 1.29 is 22.7 Å². The van der Waals surface area contributed by atoms with E-state index in [2.05, 4.69) is 15.9 Å². The highest BCUT2D eigenvalue weighted by Gasteiger charge is 2.31. The van der Waals surface area contributed by atoms with E-state index in [-0.39, 0.29) is 12.2 Å². The molecule has 1 aromatic rings. The average molecular weight is 311 g/mol. The summed E-state index contributed by atoms with van der Waals surface area (Å²) in [6.07, 6.45) is -4.42. The Morgan fingerprint density at radius 3 is 2.65 bits per heavy atom. The minimum absolute atomic E-state index is 0.180. The molecule has 1 atom stereocenters. The van der Waals surface area contributed by atoms with E-state index in [9.17, 15) is 18.0 Å². The first-order valence-electron chi connectivity index (χ1n) is 4.84. The van der Waals surface area contributed by atoms with Crippen LogP contribution in [0.3, 0.4) is 0 Å². The molecule has 0 N–H and O–H groups in total. The molecule has 0 aliphatic rings. The van der Waals surface area contributed by atoms with E-state index in [4.69, 9.17) is 4.74 Å². The Labute approximate surface area is 105 Å². The maximum Gasteiger partial charge on any atom is 0.416 e. The Hall–Kier alpha value is -1.04. The van der Waals surface area contributed by atoms with Gasteiger partial charge in [0, 0.05) is 0 Å². The van der Waals surface area contributed by atoms with Crippen LogP contribution in [0.1, 0.15) is 22.9 Å². The van der Waals surface area contributed by atoms with Gasteiger partial charge >= 0.3 is 12.1 Å². The number of halogens is 4. The van der Waals surface area contributed by atoms with Crippen molar-refractivity contribution in [3.8, 4) is 0 Å². The number of esters is 1. The summed E-state index contributed by atoms with van der Waals surface area (Å²) in [7, 11) is 0. The van der Waals surface area contributed by atoms with Gasteiger partial charge in [0.2, 0.25) is 0 Å². The molecule has 17 heavy (non-hydrogen) atoms. The number of hydrogen-bond acceptors (Lipinski definition) is 2. The van der Waals surface area contributed by atoms with Gasteiger partial charge < -0.3 is 4.74 Å². The average Bonchev–Trinajstić information content (AvgIpc) is 2.27. The van der Waals surface area contributed by atoms with Gasteiger partial charge in [-0.3, -0.25) is 4.79 Å². The lowest BCUT2D eigenvalue weighted by Crippen LogP contribution is -2.12. The molecule has 1 unspecified atom stereocenters. The lowest BCUT2D eigenvalue weighted by Gasteiger charge is -2.12. The predicted octanol–water partition coefficient (Wildman–Crippen LogP) is 3.70. The van der Waals surface area contributed by atoms with Crippen LogP contribution < -0.4 is 0 Å². The molecule has 0 aliphatic carbocycles. The fraction of sp³-hybridized carbons (Fsp3) is 0.364. The van der Waals surface area contributed by atoms with Crippen molar-refractivity contribution in [3.05, 3.63) is 35.4 Å².